The van der Waals surface area contributed by atoms with Crippen molar-refractivity contribution >= 4 is 12.1 Å². The van der Waals surface area contributed by atoms with Crippen molar-refractivity contribution in [1.82, 2.24) is 5.43 Å². The molecule has 0 saturated carbocycles. The van der Waals surface area contributed by atoms with Gasteiger partial charge in [0.05, 0.1) is 20.4 Å². The smallest absolute Gasteiger partial charge is 0.277 e. The summed E-state index contributed by atoms with van der Waals surface area (Å²) in [5.74, 6) is 1.58. The second kappa shape index (κ2) is 9.07. The van der Waals surface area contributed by atoms with Crippen LogP contribution in [-0.2, 0) is 10.2 Å². The molecule has 2 rings (SSSR count). The first-order valence-corrected chi connectivity index (χ1v) is 8.61. The van der Waals surface area contributed by atoms with E-state index < -0.39 is 0 Å². The number of methoxy groups -OCH3 is 2. The van der Waals surface area contributed by atoms with E-state index in [9.17, 15) is 4.79 Å². The van der Waals surface area contributed by atoms with Crippen LogP contribution >= 0.6 is 0 Å². The fraction of sp³-hybridized carbons (Fsp3) is 0.333. The van der Waals surface area contributed by atoms with E-state index in [0.717, 1.165) is 11.1 Å². The Morgan fingerprint density at radius 1 is 1.04 bits per heavy atom. The fourth-order valence-corrected chi connectivity index (χ4v) is 2.50. The van der Waals surface area contributed by atoms with Gasteiger partial charge in [-0.15, -0.1) is 0 Å². The second-order valence-corrected chi connectivity index (χ2v) is 6.94. The average molecular weight is 370 g/mol. The van der Waals surface area contributed by atoms with E-state index in [4.69, 9.17) is 14.2 Å². The van der Waals surface area contributed by atoms with Gasteiger partial charge < -0.3 is 14.2 Å². The number of nitrogens with one attached hydrogen (secondary N) is 1. The van der Waals surface area contributed by atoms with Crippen molar-refractivity contribution in [2.75, 3.05) is 20.8 Å². The van der Waals surface area contributed by atoms with Crippen LogP contribution in [0.4, 0.5) is 0 Å². The number of hydrogen-bond donors (Lipinski definition) is 1. The molecule has 144 valence electrons. The van der Waals surface area contributed by atoms with Gasteiger partial charge in [0.25, 0.3) is 5.91 Å². The van der Waals surface area contributed by atoms with Crippen molar-refractivity contribution in [2.24, 2.45) is 5.10 Å². The lowest BCUT2D eigenvalue weighted by Gasteiger charge is -2.22. The molecule has 6 nitrogen and oxygen atoms in total. The topological polar surface area (TPSA) is 69.2 Å². The maximum absolute atomic E-state index is 12.0. The Kier molecular flexibility index (Phi) is 6.82. The highest BCUT2D eigenvalue weighted by Gasteiger charge is 2.18. The number of carbonyl (C=O) groups is 1. The summed E-state index contributed by atoms with van der Waals surface area (Å²) in [6.07, 6.45) is 1.53. The van der Waals surface area contributed by atoms with Crippen molar-refractivity contribution in [3.63, 3.8) is 0 Å². The van der Waals surface area contributed by atoms with Gasteiger partial charge in [0, 0.05) is 0 Å². The summed E-state index contributed by atoms with van der Waals surface area (Å²) in [5, 5.41) is 3.95. The number of para-hydroxylation sites is 1. The summed E-state index contributed by atoms with van der Waals surface area (Å²) in [4.78, 5) is 12.0. The predicted octanol–water partition coefficient (Wildman–Crippen LogP) is 3.53. The van der Waals surface area contributed by atoms with Crippen LogP contribution in [0.15, 0.2) is 47.6 Å². The molecule has 0 aromatic heterocycles. The van der Waals surface area contributed by atoms with E-state index >= 15 is 0 Å². The molecule has 0 fully saturated rings. The van der Waals surface area contributed by atoms with Crippen LogP contribution in [0.25, 0.3) is 0 Å². The van der Waals surface area contributed by atoms with E-state index in [2.05, 4.69) is 31.3 Å². The molecular formula is C21H26N2O4. The van der Waals surface area contributed by atoms with Gasteiger partial charge in [0.15, 0.2) is 18.1 Å². The maximum Gasteiger partial charge on any atom is 0.277 e. The molecule has 0 radical (unpaired) electrons. The van der Waals surface area contributed by atoms with Crippen molar-refractivity contribution in [1.29, 1.82) is 0 Å². The number of amides is 1. The third-order valence-electron chi connectivity index (χ3n) is 3.86. The standard InChI is InChI=1S/C21H26N2O4/c1-21(2,3)16-8-6-7-9-17(16)27-14-20(24)23-22-13-15-10-11-18(25-4)19(12-15)26-5/h6-13H,14H2,1-5H3,(H,23,24)/b22-13-. The third kappa shape index (κ3) is 5.74. The summed E-state index contributed by atoms with van der Waals surface area (Å²) < 4.78 is 16.1. The summed E-state index contributed by atoms with van der Waals surface area (Å²) in [7, 11) is 3.14. The summed E-state index contributed by atoms with van der Waals surface area (Å²) in [6.45, 7) is 6.18. The van der Waals surface area contributed by atoms with Crippen molar-refractivity contribution in [2.45, 2.75) is 26.2 Å². The summed E-state index contributed by atoms with van der Waals surface area (Å²) in [5.41, 5.74) is 4.21. The zero-order chi connectivity index (χ0) is 19.9. The van der Waals surface area contributed by atoms with E-state index in [0.29, 0.717) is 17.2 Å². The maximum atomic E-state index is 12.0. The highest BCUT2D eigenvalue weighted by atomic mass is 16.5. The first kappa shape index (κ1) is 20.3. The Hall–Kier alpha value is -3.02. The van der Waals surface area contributed by atoms with Crippen molar-refractivity contribution < 1.29 is 19.0 Å². The molecule has 0 bridgehead atoms. The first-order valence-electron chi connectivity index (χ1n) is 8.61. The summed E-state index contributed by atoms with van der Waals surface area (Å²) >= 11 is 0. The molecule has 0 aliphatic heterocycles. The van der Waals surface area contributed by atoms with Crippen LogP contribution in [0.2, 0.25) is 0 Å². The van der Waals surface area contributed by atoms with Crippen LogP contribution in [0.5, 0.6) is 17.2 Å². The first-order chi connectivity index (χ1) is 12.8. The Morgan fingerprint density at radius 3 is 2.41 bits per heavy atom. The lowest BCUT2D eigenvalue weighted by Crippen LogP contribution is -2.25. The van der Waals surface area contributed by atoms with Crippen LogP contribution in [-0.4, -0.2) is 32.9 Å². The molecule has 2 aromatic carbocycles. The van der Waals surface area contributed by atoms with Crippen LogP contribution in [0.3, 0.4) is 0 Å². The largest absolute Gasteiger partial charge is 0.493 e. The summed E-state index contributed by atoms with van der Waals surface area (Å²) in [6, 6.07) is 13.1. The number of carbonyl (C=O) groups excluding carboxylic acids is 1. The van der Waals surface area contributed by atoms with Gasteiger partial charge in [0.2, 0.25) is 0 Å². The molecule has 0 saturated heterocycles. The minimum Gasteiger partial charge on any atom is -0.493 e. The number of ether oxygens (including phenoxy) is 3. The predicted molar refractivity (Wildman–Crippen MR) is 106 cm³/mol. The Balaban J connectivity index is 1.93. The molecule has 1 amide bonds. The number of nitrogens with zero attached hydrogens (tertiary/aromatic N) is 1. The SMILES string of the molecule is COc1ccc(/C=N\NC(=O)COc2ccccc2C(C)(C)C)cc1OC. The number of benzene rings is 2. The average Bonchev–Trinajstić information content (AvgIpc) is 2.65. The number of hydrogen-bond acceptors (Lipinski definition) is 5. The molecule has 0 aliphatic carbocycles. The van der Waals surface area contributed by atoms with Gasteiger partial charge in [-0.3, -0.25) is 4.79 Å². The lowest BCUT2D eigenvalue weighted by molar-refractivity contribution is -0.123. The molecule has 0 heterocycles. The lowest BCUT2D eigenvalue weighted by atomic mass is 9.86. The zero-order valence-corrected chi connectivity index (χ0v) is 16.4. The van der Waals surface area contributed by atoms with E-state index in [1.54, 1.807) is 26.4 Å². The van der Waals surface area contributed by atoms with E-state index in [-0.39, 0.29) is 17.9 Å². The van der Waals surface area contributed by atoms with E-state index in [1.807, 2.05) is 30.3 Å². The normalized spacial score (nSPS) is 11.3. The van der Waals surface area contributed by atoms with Crippen LogP contribution in [0, 0.1) is 0 Å². The molecule has 0 unspecified atom stereocenters. The van der Waals surface area contributed by atoms with Crippen LogP contribution < -0.4 is 19.6 Å². The highest BCUT2D eigenvalue weighted by Crippen LogP contribution is 2.30. The zero-order valence-electron chi connectivity index (χ0n) is 16.4. The molecular weight excluding hydrogens is 344 g/mol. The van der Waals surface area contributed by atoms with Gasteiger partial charge >= 0.3 is 0 Å². The van der Waals surface area contributed by atoms with Gasteiger partial charge in [-0.2, -0.15) is 5.10 Å². The molecule has 2 aromatic rings. The monoisotopic (exact) mass is 370 g/mol. The number of rotatable bonds is 7. The molecule has 1 N–H and O–H groups in total. The van der Waals surface area contributed by atoms with Gasteiger partial charge in [-0.05, 0) is 40.8 Å². The molecule has 27 heavy (non-hydrogen) atoms. The van der Waals surface area contributed by atoms with E-state index in [1.165, 1.54) is 6.21 Å². The Labute approximate surface area is 160 Å². The minimum absolute atomic E-state index is 0.0708. The van der Waals surface area contributed by atoms with Gasteiger partial charge in [-0.1, -0.05) is 39.0 Å². The third-order valence-corrected chi connectivity index (χ3v) is 3.86. The molecule has 0 aliphatic rings. The Bertz CT molecular complexity index is 810. The minimum atomic E-state index is -0.338. The van der Waals surface area contributed by atoms with Crippen molar-refractivity contribution in [3.05, 3.63) is 53.6 Å². The molecule has 6 heteroatoms. The number of hydrazone groups is 1. The van der Waals surface area contributed by atoms with Gasteiger partial charge in [-0.25, -0.2) is 5.43 Å². The molecule has 0 atom stereocenters. The molecule has 0 spiro atoms. The van der Waals surface area contributed by atoms with Crippen molar-refractivity contribution in [3.8, 4) is 17.2 Å². The van der Waals surface area contributed by atoms with Crippen LogP contribution in [0.1, 0.15) is 31.9 Å². The highest BCUT2D eigenvalue weighted by molar-refractivity contribution is 5.83. The fourth-order valence-electron chi connectivity index (χ4n) is 2.50. The Morgan fingerprint density at radius 2 is 1.74 bits per heavy atom. The quantitative estimate of drug-likeness (QED) is 0.598. The van der Waals surface area contributed by atoms with Gasteiger partial charge in [0.1, 0.15) is 5.75 Å². The second-order valence-electron chi connectivity index (χ2n) is 6.94.